The quantitative estimate of drug-likeness (QED) is 0.874. The molecule has 1 aromatic rings. The molecule has 0 atom stereocenters. The summed E-state index contributed by atoms with van der Waals surface area (Å²) >= 11 is 12.0. The summed E-state index contributed by atoms with van der Waals surface area (Å²) in [5, 5.41) is 10.2. The minimum atomic E-state index is -0.897. The lowest BCUT2D eigenvalue weighted by Crippen LogP contribution is -2.58. The predicted molar refractivity (Wildman–Crippen MR) is 83.5 cm³/mol. The molecule has 0 saturated heterocycles. The van der Waals surface area contributed by atoms with Gasteiger partial charge in [-0.05, 0) is 32.9 Å². The van der Waals surface area contributed by atoms with E-state index in [1.807, 2.05) is 20.8 Å². The second-order valence-corrected chi connectivity index (χ2v) is 7.03. The van der Waals surface area contributed by atoms with Crippen LogP contribution in [0.15, 0.2) is 18.2 Å². The van der Waals surface area contributed by atoms with Gasteiger partial charge in [-0.2, -0.15) is 0 Å². The van der Waals surface area contributed by atoms with Gasteiger partial charge in [0.25, 0.3) is 0 Å². The van der Waals surface area contributed by atoms with Crippen LogP contribution in [0.1, 0.15) is 33.6 Å². The van der Waals surface area contributed by atoms with Crippen molar-refractivity contribution >= 4 is 29.3 Å². The molecule has 116 valence electrons. The second-order valence-electron chi connectivity index (χ2n) is 6.24. The smallest absolute Gasteiger partial charge is 0.407 e. The number of carbonyl (C=O) groups is 1. The van der Waals surface area contributed by atoms with Crippen molar-refractivity contribution in [3.05, 3.63) is 28.2 Å². The van der Waals surface area contributed by atoms with Gasteiger partial charge in [0.15, 0.2) is 0 Å². The van der Waals surface area contributed by atoms with Gasteiger partial charge in [0, 0.05) is 24.4 Å². The molecule has 1 saturated carbocycles. The Morgan fingerprint density at radius 3 is 2.48 bits per heavy atom. The van der Waals surface area contributed by atoms with Crippen LogP contribution in [0, 0.1) is 0 Å². The van der Waals surface area contributed by atoms with Gasteiger partial charge in [-0.25, -0.2) is 4.79 Å². The molecule has 0 bridgehead atoms. The van der Waals surface area contributed by atoms with E-state index >= 15 is 0 Å². The van der Waals surface area contributed by atoms with Crippen molar-refractivity contribution in [3.8, 4) is 5.75 Å². The molecule has 2 rings (SSSR count). The maximum absolute atomic E-state index is 11.4. The molecule has 4 nitrogen and oxygen atoms in total. The first kappa shape index (κ1) is 16.2. The summed E-state index contributed by atoms with van der Waals surface area (Å²) in [7, 11) is 0. The molecule has 0 aliphatic heterocycles. The van der Waals surface area contributed by atoms with Gasteiger partial charge < -0.3 is 14.7 Å². The summed E-state index contributed by atoms with van der Waals surface area (Å²) in [5.41, 5.74) is -0.421. The maximum Gasteiger partial charge on any atom is 0.407 e. The summed E-state index contributed by atoms with van der Waals surface area (Å²) in [6.07, 6.45) is 0.389. The lowest BCUT2D eigenvalue weighted by Gasteiger charge is -2.47. The fourth-order valence-electron chi connectivity index (χ4n) is 2.59. The SMILES string of the molecule is CC(C)(C)N(C(=O)O)C1CC(Oc2cccc(Cl)c2Cl)C1. The second kappa shape index (κ2) is 5.93. The Morgan fingerprint density at radius 1 is 1.33 bits per heavy atom. The van der Waals surface area contributed by atoms with E-state index in [0.29, 0.717) is 28.6 Å². The third kappa shape index (κ3) is 3.55. The first-order valence-electron chi connectivity index (χ1n) is 6.83. The monoisotopic (exact) mass is 331 g/mol. The number of carboxylic acid groups (broad SMARTS) is 1. The molecule has 1 amide bonds. The Bertz CT molecular complexity index is 536. The van der Waals surface area contributed by atoms with Crippen LogP contribution in [0.5, 0.6) is 5.75 Å². The minimum absolute atomic E-state index is 0.0227. The van der Waals surface area contributed by atoms with Crippen LogP contribution in [0.3, 0.4) is 0 Å². The number of rotatable bonds is 3. The highest BCUT2D eigenvalue weighted by molar-refractivity contribution is 6.42. The first-order chi connectivity index (χ1) is 9.70. The molecule has 0 aromatic heterocycles. The van der Waals surface area contributed by atoms with Gasteiger partial charge >= 0.3 is 6.09 Å². The fraction of sp³-hybridized carbons (Fsp3) is 0.533. The zero-order chi connectivity index (χ0) is 15.8. The Kier molecular flexibility index (Phi) is 4.59. The van der Waals surface area contributed by atoms with Crippen LogP contribution in [0.25, 0.3) is 0 Å². The van der Waals surface area contributed by atoms with Gasteiger partial charge in [0.2, 0.25) is 0 Å². The number of halogens is 2. The number of hydrogen-bond donors (Lipinski definition) is 1. The Hall–Kier alpha value is -1.13. The van der Waals surface area contributed by atoms with E-state index in [1.165, 1.54) is 4.90 Å². The van der Waals surface area contributed by atoms with Gasteiger partial charge in [-0.3, -0.25) is 0 Å². The highest BCUT2D eigenvalue weighted by Gasteiger charge is 2.42. The molecule has 0 spiro atoms. The van der Waals surface area contributed by atoms with Crippen LogP contribution in [-0.4, -0.2) is 33.8 Å². The van der Waals surface area contributed by atoms with Gasteiger partial charge in [0.1, 0.15) is 16.9 Å². The van der Waals surface area contributed by atoms with Crippen LogP contribution in [0.2, 0.25) is 10.0 Å². The average Bonchev–Trinajstić information content (AvgIpc) is 2.29. The number of ether oxygens (including phenoxy) is 1. The van der Waals surface area contributed by atoms with E-state index < -0.39 is 11.6 Å². The summed E-state index contributed by atoms with van der Waals surface area (Å²) in [6.45, 7) is 5.68. The van der Waals surface area contributed by atoms with E-state index in [0.717, 1.165) is 0 Å². The Labute approximate surface area is 134 Å². The minimum Gasteiger partial charge on any atom is -0.489 e. The first-order valence-corrected chi connectivity index (χ1v) is 7.58. The molecular weight excluding hydrogens is 313 g/mol. The van der Waals surface area contributed by atoms with Gasteiger partial charge in [-0.15, -0.1) is 0 Å². The highest BCUT2D eigenvalue weighted by atomic mass is 35.5. The van der Waals surface area contributed by atoms with E-state index in [1.54, 1.807) is 18.2 Å². The number of nitrogens with zero attached hydrogens (tertiary/aromatic N) is 1. The Morgan fingerprint density at radius 2 is 1.95 bits per heavy atom. The van der Waals surface area contributed by atoms with E-state index in [4.69, 9.17) is 27.9 Å². The topological polar surface area (TPSA) is 49.8 Å². The van der Waals surface area contributed by atoms with Crippen molar-refractivity contribution in [2.45, 2.75) is 51.3 Å². The number of amides is 1. The molecule has 6 heteroatoms. The van der Waals surface area contributed by atoms with Crippen molar-refractivity contribution in [1.82, 2.24) is 4.90 Å². The zero-order valence-corrected chi connectivity index (χ0v) is 13.8. The molecule has 0 unspecified atom stereocenters. The molecule has 1 aromatic carbocycles. The van der Waals surface area contributed by atoms with Crippen LogP contribution in [0.4, 0.5) is 4.79 Å². The summed E-state index contributed by atoms with van der Waals surface area (Å²) in [4.78, 5) is 12.9. The number of hydrogen-bond acceptors (Lipinski definition) is 2. The largest absolute Gasteiger partial charge is 0.489 e. The van der Waals surface area contributed by atoms with E-state index in [9.17, 15) is 9.90 Å². The number of benzene rings is 1. The molecule has 0 heterocycles. The average molecular weight is 332 g/mol. The predicted octanol–water partition coefficient (Wildman–Crippen LogP) is 4.68. The van der Waals surface area contributed by atoms with Crippen molar-refractivity contribution in [3.63, 3.8) is 0 Å². The van der Waals surface area contributed by atoms with Crippen molar-refractivity contribution < 1.29 is 14.6 Å². The molecule has 1 N–H and O–H groups in total. The highest BCUT2D eigenvalue weighted by Crippen LogP contribution is 2.37. The normalized spacial score (nSPS) is 21.6. The van der Waals surface area contributed by atoms with Gasteiger partial charge in [0.05, 0.1) is 5.02 Å². The molecular formula is C15H19Cl2NO3. The standard InChI is InChI=1S/C15H19Cl2NO3/c1-15(2,3)18(14(19)20)9-7-10(8-9)21-12-6-4-5-11(16)13(12)17/h4-6,9-10H,7-8H2,1-3H3,(H,19,20). The zero-order valence-electron chi connectivity index (χ0n) is 12.3. The summed E-state index contributed by atoms with van der Waals surface area (Å²) in [5.74, 6) is 0.547. The maximum atomic E-state index is 11.4. The molecule has 21 heavy (non-hydrogen) atoms. The third-order valence-electron chi connectivity index (χ3n) is 3.57. The lowest BCUT2D eigenvalue weighted by atomic mass is 9.85. The van der Waals surface area contributed by atoms with E-state index in [-0.39, 0.29) is 12.1 Å². The third-order valence-corrected chi connectivity index (χ3v) is 4.38. The molecule has 1 aliphatic rings. The fourth-order valence-corrected chi connectivity index (χ4v) is 2.93. The van der Waals surface area contributed by atoms with Crippen LogP contribution in [-0.2, 0) is 0 Å². The summed E-state index contributed by atoms with van der Waals surface area (Å²) in [6, 6.07) is 5.22. The van der Waals surface area contributed by atoms with Gasteiger partial charge in [-0.1, -0.05) is 29.3 Å². The molecule has 1 aliphatic carbocycles. The molecule has 0 radical (unpaired) electrons. The van der Waals surface area contributed by atoms with Crippen molar-refractivity contribution in [2.24, 2.45) is 0 Å². The van der Waals surface area contributed by atoms with Crippen LogP contribution < -0.4 is 4.74 Å². The van der Waals surface area contributed by atoms with Crippen molar-refractivity contribution in [2.75, 3.05) is 0 Å². The summed E-state index contributed by atoms with van der Waals surface area (Å²) < 4.78 is 5.80. The van der Waals surface area contributed by atoms with Crippen LogP contribution >= 0.6 is 23.2 Å². The lowest BCUT2D eigenvalue weighted by molar-refractivity contribution is -0.0134. The molecule has 1 fully saturated rings. The van der Waals surface area contributed by atoms with Crippen molar-refractivity contribution in [1.29, 1.82) is 0 Å². The Balaban J connectivity index is 1.98. The van der Waals surface area contributed by atoms with E-state index in [2.05, 4.69) is 0 Å².